The molecule has 1 aromatic carbocycles. The third-order valence-corrected chi connectivity index (χ3v) is 7.00. The van der Waals surface area contributed by atoms with E-state index in [0.717, 1.165) is 76.6 Å². The molecular weight excluding hydrogens is 472 g/mol. The molecule has 0 aliphatic heterocycles. The van der Waals surface area contributed by atoms with Crippen LogP contribution in [0.2, 0.25) is 0 Å². The summed E-state index contributed by atoms with van der Waals surface area (Å²) in [6.07, 6.45) is 10.7. The molecule has 0 bridgehead atoms. The maximum absolute atomic E-state index is 14.4. The minimum atomic E-state index is -1.72. The van der Waals surface area contributed by atoms with Crippen molar-refractivity contribution in [1.82, 2.24) is 0 Å². The lowest BCUT2D eigenvalue weighted by molar-refractivity contribution is 0.106. The number of allylic oxidation sites excluding steroid dienone is 1. The summed E-state index contributed by atoms with van der Waals surface area (Å²) >= 11 is 0. The molecule has 206 valence electrons. The highest BCUT2D eigenvalue weighted by Crippen LogP contribution is 2.35. The number of hydrogen-bond donors (Lipinski definition) is 0. The normalized spacial score (nSPS) is 15.1. The molecule has 0 radical (unpaired) electrons. The number of ether oxygens (including phenoxy) is 3. The van der Waals surface area contributed by atoms with Crippen molar-refractivity contribution in [2.24, 2.45) is 11.8 Å². The second kappa shape index (κ2) is 16.3. The topological polar surface area (TPSA) is 27.7 Å². The SMILES string of the molecule is CCCC(C)CCCOCCC(C)CCCOCCC(Oc1c(F)c(C)c(F)c(F)c1F)=C1CCC1. The van der Waals surface area contributed by atoms with Crippen LogP contribution in [-0.4, -0.2) is 26.4 Å². The lowest BCUT2D eigenvalue weighted by Crippen LogP contribution is -2.13. The van der Waals surface area contributed by atoms with Crippen molar-refractivity contribution < 1.29 is 31.8 Å². The zero-order chi connectivity index (χ0) is 26.5. The van der Waals surface area contributed by atoms with Crippen LogP contribution in [0.3, 0.4) is 0 Å². The fourth-order valence-corrected chi connectivity index (χ4v) is 4.37. The number of halogens is 4. The highest BCUT2D eigenvalue weighted by Gasteiger charge is 2.27. The van der Waals surface area contributed by atoms with Gasteiger partial charge in [0.1, 0.15) is 5.76 Å². The lowest BCUT2D eigenvalue weighted by atomic mass is 9.90. The fourth-order valence-electron chi connectivity index (χ4n) is 4.37. The molecule has 0 saturated heterocycles. The van der Waals surface area contributed by atoms with Gasteiger partial charge in [0.2, 0.25) is 11.6 Å². The van der Waals surface area contributed by atoms with Gasteiger partial charge in [-0.05, 0) is 75.7 Å². The minimum Gasteiger partial charge on any atom is -0.455 e. The summed E-state index contributed by atoms with van der Waals surface area (Å²) in [5.41, 5.74) is 0.340. The molecule has 0 aromatic heterocycles. The third-order valence-electron chi connectivity index (χ3n) is 7.00. The molecule has 1 aromatic rings. The maximum Gasteiger partial charge on any atom is 0.207 e. The highest BCUT2D eigenvalue weighted by molar-refractivity contribution is 5.36. The predicted octanol–water partition coefficient (Wildman–Crippen LogP) is 8.81. The second-order valence-electron chi connectivity index (χ2n) is 10.2. The van der Waals surface area contributed by atoms with E-state index in [9.17, 15) is 17.6 Å². The van der Waals surface area contributed by atoms with E-state index in [1.165, 1.54) is 19.3 Å². The maximum atomic E-state index is 14.4. The zero-order valence-electron chi connectivity index (χ0n) is 22.5. The van der Waals surface area contributed by atoms with Gasteiger partial charge in [-0.2, -0.15) is 4.39 Å². The predicted molar refractivity (Wildman–Crippen MR) is 135 cm³/mol. The van der Waals surface area contributed by atoms with Crippen LogP contribution in [0.4, 0.5) is 17.6 Å². The molecule has 7 heteroatoms. The van der Waals surface area contributed by atoms with Crippen molar-refractivity contribution in [2.75, 3.05) is 26.4 Å². The molecule has 0 spiro atoms. The Bertz CT molecular complexity index is 805. The van der Waals surface area contributed by atoms with E-state index in [0.29, 0.717) is 31.3 Å². The van der Waals surface area contributed by atoms with Crippen molar-refractivity contribution in [3.63, 3.8) is 0 Å². The van der Waals surface area contributed by atoms with Crippen LogP contribution >= 0.6 is 0 Å². The van der Waals surface area contributed by atoms with Crippen LogP contribution in [0, 0.1) is 42.0 Å². The Morgan fingerprint density at radius 1 is 0.750 bits per heavy atom. The molecule has 36 heavy (non-hydrogen) atoms. The molecule has 1 fully saturated rings. The van der Waals surface area contributed by atoms with Crippen molar-refractivity contribution in [3.8, 4) is 5.75 Å². The molecule has 0 heterocycles. The van der Waals surface area contributed by atoms with Crippen molar-refractivity contribution in [1.29, 1.82) is 0 Å². The van der Waals surface area contributed by atoms with Crippen LogP contribution in [0.1, 0.15) is 97.0 Å². The van der Waals surface area contributed by atoms with Gasteiger partial charge in [-0.3, -0.25) is 0 Å². The summed E-state index contributed by atoms with van der Waals surface area (Å²) in [5, 5.41) is 0. The van der Waals surface area contributed by atoms with Gasteiger partial charge in [0.15, 0.2) is 17.5 Å². The van der Waals surface area contributed by atoms with Gasteiger partial charge < -0.3 is 14.2 Å². The van der Waals surface area contributed by atoms with E-state index in [4.69, 9.17) is 14.2 Å². The van der Waals surface area contributed by atoms with Crippen LogP contribution in [0.15, 0.2) is 11.3 Å². The Labute approximate surface area is 214 Å². The molecule has 3 nitrogen and oxygen atoms in total. The van der Waals surface area contributed by atoms with E-state index in [2.05, 4.69) is 20.8 Å². The van der Waals surface area contributed by atoms with Crippen LogP contribution in [0.5, 0.6) is 5.75 Å². The summed E-state index contributed by atoms with van der Waals surface area (Å²) in [4.78, 5) is 0. The number of hydrogen-bond acceptors (Lipinski definition) is 3. The van der Waals surface area contributed by atoms with Gasteiger partial charge in [0, 0.05) is 31.8 Å². The average Bonchev–Trinajstić information content (AvgIpc) is 2.82. The smallest absolute Gasteiger partial charge is 0.207 e. The number of benzene rings is 1. The van der Waals surface area contributed by atoms with E-state index >= 15 is 0 Å². The molecule has 0 amide bonds. The molecule has 2 unspecified atom stereocenters. The quantitative estimate of drug-likeness (QED) is 0.0641. The van der Waals surface area contributed by atoms with Gasteiger partial charge >= 0.3 is 0 Å². The highest BCUT2D eigenvalue weighted by atomic mass is 19.2. The van der Waals surface area contributed by atoms with Gasteiger partial charge in [0.25, 0.3) is 0 Å². The molecule has 1 saturated carbocycles. The standard InChI is InChI=1S/C29H44F4O3/c1-5-9-20(2)10-7-16-34-18-14-21(3)11-8-17-35-19-15-24(23-12-6-13-23)36-29-26(31)22(4)25(30)27(32)28(29)33/h20-21H,5-19H2,1-4H3. The van der Waals surface area contributed by atoms with Crippen LogP contribution in [-0.2, 0) is 9.47 Å². The summed E-state index contributed by atoms with van der Waals surface area (Å²) in [7, 11) is 0. The second-order valence-corrected chi connectivity index (χ2v) is 10.2. The van der Waals surface area contributed by atoms with Gasteiger partial charge in [-0.25, -0.2) is 13.2 Å². The first-order valence-corrected chi connectivity index (χ1v) is 13.6. The lowest BCUT2D eigenvalue weighted by Gasteiger charge is -2.23. The molecule has 2 rings (SSSR count). The first-order valence-electron chi connectivity index (χ1n) is 13.6. The molecule has 0 N–H and O–H groups in total. The monoisotopic (exact) mass is 516 g/mol. The summed E-state index contributed by atoms with van der Waals surface area (Å²) in [6, 6.07) is 0. The third kappa shape index (κ3) is 9.70. The Hall–Kier alpha value is -1.60. The Morgan fingerprint density at radius 3 is 1.94 bits per heavy atom. The Kier molecular flexibility index (Phi) is 13.9. The molecule has 2 atom stereocenters. The summed E-state index contributed by atoms with van der Waals surface area (Å²) < 4.78 is 72.9. The first-order chi connectivity index (χ1) is 17.3. The zero-order valence-corrected chi connectivity index (χ0v) is 22.5. The molecular formula is C29H44F4O3. The van der Waals surface area contributed by atoms with Crippen molar-refractivity contribution >= 4 is 0 Å². The van der Waals surface area contributed by atoms with Gasteiger partial charge in [0.05, 0.1) is 6.61 Å². The van der Waals surface area contributed by atoms with Crippen molar-refractivity contribution in [2.45, 2.75) is 98.3 Å². The summed E-state index contributed by atoms with van der Waals surface area (Å²) in [6.45, 7) is 10.3. The van der Waals surface area contributed by atoms with E-state index in [1.807, 2.05) is 0 Å². The van der Waals surface area contributed by atoms with Crippen LogP contribution < -0.4 is 4.74 Å². The molecule has 1 aliphatic rings. The average molecular weight is 517 g/mol. The van der Waals surface area contributed by atoms with E-state index < -0.39 is 34.6 Å². The number of rotatable bonds is 18. The minimum absolute atomic E-state index is 0.326. The van der Waals surface area contributed by atoms with Crippen LogP contribution in [0.25, 0.3) is 0 Å². The van der Waals surface area contributed by atoms with E-state index in [-0.39, 0.29) is 0 Å². The Balaban J connectivity index is 1.65. The van der Waals surface area contributed by atoms with Gasteiger partial charge in [-0.1, -0.05) is 33.6 Å². The van der Waals surface area contributed by atoms with E-state index in [1.54, 1.807) is 0 Å². The first kappa shape index (κ1) is 30.6. The largest absolute Gasteiger partial charge is 0.455 e. The van der Waals surface area contributed by atoms with Crippen molar-refractivity contribution in [3.05, 3.63) is 40.2 Å². The Morgan fingerprint density at radius 2 is 1.36 bits per heavy atom. The molecule has 1 aliphatic carbocycles. The summed E-state index contributed by atoms with van der Waals surface area (Å²) in [5.74, 6) is -5.28. The fraction of sp³-hybridized carbons (Fsp3) is 0.724. The van der Waals surface area contributed by atoms with Gasteiger partial charge in [-0.15, -0.1) is 0 Å².